The Labute approximate surface area is 134 Å². The van der Waals surface area contributed by atoms with Crippen molar-refractivity contribution in [3.8, 4) is 0 Å². The van der Waals surface area contributed by atoms with Gasteiger partial charge in [0.2, 0.25) is 5.91 Å². The Morgan fingerprint density at radius 1 is 1.65 bits per heavy atom. The van der Waals surface area contributed by atoms with E-state index < -0.39 is 17.9 Å². The predicted molar refractivity (Wildman–Crippen MR) is 82.1 cm³/mol. The zero-order valence-electron chi connectivity index (χ0n) is 11.1. The van der Waals surface area contributed by atoms with Crippen LogP contribution in [0.4, 0.5) is 0 Å². The Kier molecular flexibility index (Phi) is 4.76. The molecular formula is C13H15BrClNO3S. The number of rotatable bonds is 4. The quantitative estimate of drug-likeness (QED) is 0.864. The molecule has 20 heavy (non-hydrogen) atoms. The lowest BCUT2D eigenvalue weighted by Crippen LogP contribution is -2.33. The molecule has 110 valence electrons. The summed E-state index contributed by atoms with van der Waals surface area (Å²) in [7, 11) is 0. The fourth-order valence-corrected chi connectivity index (χ4v) is 4.40. The van der Waals surface area contributed by atoms with Crippen molar-refractivity contribution in [1.29, 1.82) is 0 Å². The van der Waals surface area contributed by atoms with Crippen LogP contribution >= 0.6 is 38.9 Å². The van der Waals surface area contributed by atoms with Crippen LogP contribution in [-0.2, 0) is 9.59 Å². The van der Waals surface area contributed by atoms with Crippen LogP contribution in [0.15, 0.2) is 10.5 Å². The SMILES string of the molecule is CC(C)CN1C(=O)CC(C(=O)O)C1c1cc(Br)c(Cl)s1. The molecular weight excluding hydrogens is 366 g/mol. The molecule has 1 aromatic rings. The molecule has 2 unspecified atom stereocenters. The molecule has 0 bridgehead atoms. The number of nitrogens with zero attached hydrogens (tertiary/aromatic N) is 1. The minimum Gasteiger partial charge on any atom is -0.481 e. The summed E-state index contributed by atoms with van der Waals surface area (Å²) in [6.45, 7) is 4.58. The average molecular weight is 381 g/mol. The maximum Gasteiger partial charge on any atom is 0.309 e. The predicted octanol–water partition coefficient (Wildman–Crippen LogP) is 3.79. The summed E-state index contributed by atoms with van der Waals surface area (Å²) in [6, 6.07) is 1.40. The number of carboxylic acids is 1. The van der Waals surface area contributed by atoms with Gasteiger partial charge in [-0.05, 0) is 27.9 Å². The summed E-state index contributed by atoms with van der Waals surface area (Å²) in [5.41, 5.74) is 0. The largest absolute Gasteiger partial charge is 0.481 e. The summed E-state index contributed by atoms with van der Waals surface area (Å²) in [4.78, 5) is 26.1. The molecule has 0 spiro atoms. The van der Waals surface area contributed by atoms with E-state index in [4.69, 9.17) is 11.6 Å². The zero-order chi connectivity index (χ0) is 15.0. The van der Waals surface area contributed by atoms with E-state index in [1.165, 1.54) is 11.3 Å². The number of hydrogen-bond donors (Lipinski definition) is 1. The number of carbonyl (C=O) groups is 2. The monoisotopic (exact) mass is 379 g/mol. The van der Waals surface area contributed by atoms with Gasteiger partial charge in [-0.2, -0.15) is 0 Å². The van der Waals surface area contributed by atoms with Crippen LogP contribution < -0.4 is 0 Å². The summed E-state index contributed by atoms with van der Waals surface area (Å²) in [5, 5.41) is 9.37. The molecule has 0 aromatic carbocycles. The highest BCUT2D eigenvalue weighted by molar-refractivity contribution is 9.10. The first-order valence-electron chi connectivity index (χ1n) is 6.28. The van der Waals surface area contributed by atoms with Crippen LogP contribution in [0.1, 0.15) is 31.2 Å². The molecule has 2 heterocycles. The second-order valence-corrected chi connectivity index (χ2v) is 7.84. The molecule has 0 saturated carbocycles. The van der Waals surface area contributed by atoms with Crippen LogP contribution in [-0.4, -0.2) is 28.4 Å². The number of likely N-dealkylation sites (tertiary alicyclic amines) is 1. The van der Waals surface area contributed by atoms with Gasteiger partial charge in [-0.1, -0.05) is 25.4 Å². The average Bonchev–Trinajstić information content (AvgIpc) is 2.81. The van der Waals surface area contributed by atoms with E-state index in [9.17, 15) is 14.7 Å². The van der Waals surface area contributed by atoms with Crippen molar-refractivity contribution in [2.75, 3.05) is 6.54 Å². The highest BCUT2D eigenvalue weighted by atomic mass is 79.9. The maximum atomic E-state index is 12.1. The first-order chi connectivity index (χ1) is 9.31. The van der Waals surface area contributed by atoms with Crippen LogP contribution in [0.2, 0.25) is 4.34 Å². The molecule has 7 heteroatoms. The molecule has 1 amide bonds. The van der Waals surface area contributed by atoms with E-state index in [1.54, 1.807) is 4.90 Å². The molecule has 1 fully saturated rings. The Morgan fingerprint density at radius 3 is 2.75 bits per heavy atom. The van der Waals surface area contributed by atoms with Crippen LogP contribution in [0.25, 0.3) is 0 Å². The van der Waals surface area contributed by atoms with Gasteiger partial charge in [0.15, 0.2) is 0 Å². The number of thiophene rings is 1. The summed E-state index contributed by atoms with van der Waals surface area (Å²) in [5.74, 6) is -1.46. The second kappa shape index (κ2) is 6.03. The van der Waals surface area contributed by atoms with Gasteiger partial charge in [-0.3, -0.25) is 9.59 Å². The number of aliphatic carboxylic acids is 1. The molecule has 1 aliphatic heterocycles. The molecule has 2 rings (SSSR count). The van der Waals surface area contributed by atoms with E-state index >= 15 is 0 Å². The van der Waals surface area contributed by atoms with Crippen molar-refractivity contribution in [2.45, 2.75) is 26.3 Å². The van der Waals surface area contributed by atoms with Gasteiger partial charge < -0.3 is 10.0 Å². The number of amides is 1. The second-order valence-electron chi connectivity index (χ2n) is 5.30. The Morgan fingerprint density at radius 2 is 2.30 bits per heavy atom. The third kappa shape index (κ3) is 3.02. The Bertz CT molecular complexity index is 526. The number of carboxylic acid groups (broad SMARTS) is 1. The van der Waals surface area contributed by atoms with Gasteiger partial charge in [-0.15, -0.1) is 11.3 Å². The van der Waals surface area contributed by atoms with Gasteiger partial charge in [0.05, 0.1) is 12.0 Å². The standard InChI is InChI=1S/C13H15BrClNO3S/c1-6(2)5-16-10(17)3-7(13(18)19)11(16)9-4-8(14)12(15)20-9/h4,6-7,11H,3,5H2,1-2H3,(H,18,19). The number of halogens is 2. The number of hydrogen-bond acceptors (Lipinski definition) is 3. The maximum absolute atomic E-state index is 12.1. The molecule has 1 aliphatic rings. The molecule has 0 aliphatic carbocycles. The van der Waals surface area contributed by atoms with Crippen molar-refractivity contribution in [3.63, 3.8) is 0 Å². The van der Waals surface area contributed by atoms with Crippen molar-refractivity contribution < 1.29 is 14.7 Å². The van der Waals surface area contributed by atoms with E-state index in [2.05, 4.69) is 15.9 Å². The van der Waals surface area contributed by atoms with Crippen LogP contribution in [0.5, 0.6) is 0 Å². The normalized spacial score (nSPS) is 22.9. The highest BCUT2D eigenvalue weighted by Gasteiger charge is 2.45. The van der Waals surface area contributed by atoms with E-state index in [-0.39, 0.29) is 18.2 Å². The molecule has 2 atom stereocenters. The van der Waals surface area contributed by atoms with Crippen molar-refractivity contribution in [2.24, 2.45) is 11.8 Å². The third-order valence-corrected chi connectivity index (χ3v) is 5.81. The molecule has 1 saturated heterocycles. The topological polar surface area (TPSA) is 57.6 Å². The minimum absolute atomic E-state index is 0.0554. The Hall–Kier alpha value is -0.590. The smallest absolute Gasteiger partial charge is 0.309 e. The zero-order valence-corrected chi connectivity index (χ0v) is 14.3. The Balaban J connectivity index is 2.40. The van der Waals surface area contributed by atoms with Gasteiger partial charge in [0.1, 0.15) is 4.34 Å². The summed E-state index contributed by atoms with van der Waals surface area (Å²) >= 11 is 10.7. The van der Waals surface area contributed by atoms with Crippen LogP contribution in [0, 0.1) is 11.8 Å². The molecule has 0 radical (unpaired) electrons. The van der Waals surface area contributed by atoms with E-state index in [1.807, 2.05) is 19.9 Å². The summed E-state index contributed by atoms with van der Waals surface area (Å²) in [6.07, 6.45) is 0.0554. The van der Waals surface area contributed by atoms with E-state index in [0.29, 0.717) is 10.9 Å². The van der Waals surface area contributed by atoms with Crippen LogP contribution in [0.3, 0.4) is 0 Å². The first kappa shape index (κ1) is 15.8. The van der Waals surface area contributed by atoms with Gasteiger partial charge >= 0.3 is 5.97 Å². The summed E-state index contributed by atoms with van der Waals surface area (Å²) < 4.78 is 1.32. The lowest BCUT2D eigenvalue weighted by Gasteiger charge is -2.27. The lowest BCUT2D eigenvalue weighted by molar-refractivity contribution is -0.142. The molecule has 4 nitrogen and oxygen atoms in total. The van der Waals surface area contributed by atoms with E-state index in [0.717, 1.165) is 9.35 Å². The third-order valence-electron chi connectivity index (χ3n) is 3.27. The highest BCUT2D eigenvalue weighted by Crippen LogP contribution is 2.44. The minimum atomic E-state index is -0.935. The molecule has 1 aromatic heterocycles. The van der Waals surface area contributed by atoms with Crippen molar-refractivity contribution in [1.82, 2.24) is 4.90 Å². The lowest BCUT2D eigenvalue weighted by atomic mass is 9.99. The fourth-order valence-electron chi connectivity index (χ4n) is 2.48. The van der Waals surface area contributed by atoms with Gasteiger partial charge in [0, 0.05) is 22.3 Å². The number of carbonyl (C=O) groups excluding carboxylic acids is 1. The fraction of sp³-hybridized carbons (Fsp3) is 0.538. The molecule has 1 N–H and O–H groups in total. The van der Waals surface area contributed by atoms with Crippen molar-refractivity contribution >= 4 is 50.7 Å². The first-order valence-corrected chi connectivity index (χ1v) is 8.27. The van der Waals surface area contributed by atoms with Gasteiger partial charge in [-0.25, -0.2) is 0 Å². The van der Waals surface area contributed by atoms with Gasteiger partial charge in [0.25, 0.3) is 0 Å². The van der Waals surface area contributed by atoms with Crippen molar-refractivity contribution in [3.05, 3.63) is 19.8 Å².